The molecule has 6 rings (SSSR count). The van der Waals surface area contributed by atoms with Gasteiger partial charge in [-0.25, -0.2) is 0 Å². The number of hydrogen-bond donors (Lipinski definition) is 0. The van der Waals surface area contributed by atoms with Crippen molar-refractivity contribution in [2.75, 3.05) is 0 Å². The van der Waals surface area contributed by atoms with E-state index in [1.807, 2.05) is 44.4 Å². The van der Waals surface area contributed by atoms with Crippen molar-refractivity contribution in [3.8, 4) is 28.5 Å². The van der Waals surface area contributed by atoms with Crippen LogP contribution in [-0.4, -0.2) is 4.57 Å². The van der Waals surface area contributed by atoms with Crippen LogP contribution in [0.15, 0.2) is 133 Å². The lowest BCUT2D eigenvalue weighted by Crippen LogP contribution is -1.94. The summed E-state index contributed by atoms with van der Waals surface area (Å²) >= 11 is 0. The van der Waals surface area contributed by atoms with Crippen LogP contribution in [0.4, 0.5) is 0 Å². The van der Waals surface area contributed by atoms with Gasteiger partial charge in [0.05, 0.1) is 0 Å². The summed E-state index contributed by atoms with van der Waals surface area (Å²) in [6.07, 6.45) is 23.1. The van der Waals surface area contributed by atoms with E-state index in [9.17, 15) is 0 Å². The molecule has 0 saturated carbocycles. The molecule has 0 radical (unpaired) electrons. The fourth-order valence-corrected chi connectivity index (χ4v) is 5.17. The normalized spacial score (nSPS) is 15.4. The second-order valence-corrected chi connectivity index (χ2v) is 8.91. The largest absolute Gasteiger partial charge is 0.369 e. The highest BCUT2D eigenvalue weighted by atomic mass is 16.5. The van der Waals surface area contributed by atoms with Crippen molar-refractivity contribution in [2.24, 2.45) is 0 Å². The van der Waals surface area contributed by atoms with Gasteiger partial charge in [0.2, 0.25) is 5.88 Å². The molecule has 1 aromatic heterocycles. The SMILES string of the molecule is CC.N#CO/C(=C\C=C/CC1=CC=CC(c2ccc3c4c(cccc24)-c2ccccc2-3)C=C1)n1cccc1. The Morgan fingerprint density at radius 1 is 0.895 bits per heavy atom. The smallest absolute Gasteiger partial charge is 0.293 e. The van der Waals surface area contributed by atoms with Crippen LogP contribution in [0, 0.1) is 11.5 Å². The van der Waals surface area contributed by atoms with E-state index in [2.05, 4.69) is 91.1 Å². The summed E-state index contributed by atoms with van der Waals surface area (Å²) < 4.78 is 6.84. The maximum absolute atomic E-state index is 8.92. The van der Waals surface area contributed by atoms with E-state index in [1.165, 1.54) is 44.2 Å². The second kappa shape index (κ2) is 11.5. The van der Waals surface area contributed by atoms with Gasteiger partial charge in [0.15, 0.2) is 0 Å². The molecule has 0 fully saturated rings. The Hall–Kier alpha value is -4.81. The number of ether oxygens (including phenoxy) is 1. The van der Waals surface area contributed by atoms with Crippen LogP contribution in [0.3, 0.4) is 0 Å². The van der Waals surface area contributed by atoms with Gasteiger partial charge in [-0.1, -0.05) is 111 Å². The van der Waals surface area contributed by atoms with Crippen molar-refractivity contribution in [2.45, 2.75) is 26.2 Å². The van der Waals surface area contributed by atoms with Crippen LogP contribution in [0.5, 0.6) is 0 Å². The molecule has 0 spiro atoms. The molecule has 3 heteroatoms. The molecule has 1 heterocycles. The fraction of sp³-hybridized carbons (Fsp3) is 0.114. The second-order valence-electron chi connectivity index (χ2n) is 8.91. The first-order chi connectivity index (χ1) is 18.8. The van der Waals surface area contributed by atoms with Crippen LogP contribution in [-0.2, 0) is 4.74 Å². The first kappa shape index (κ1) is 24.9. The summed E-state index contributed by atoms with van der Waals surface area (Å²) in [6.45, 7) is 4.00. The number of rotatable bonds is 6. The third-order valence-electron chi connectivity index (χ3n) is 6.82. The number of allylic oxidation sites excluding steroid dienone is 9. The molecule has 4 aromatic rings. The van der Waals surface area contributed by atoms with Gasteiger partial charge in [-0.15, -0.1) is 5.26 Å². The highest BCUT2D eigenvalue weighted by Gasteiger charge is 2.23. The van der Waals surface area contributed by atoms with Gasteiger partial charge >= 0.3 is 0 Å². The monoisotopic (exact) mass is 494 g/mol. The van der Waals surface area contributed by atoms with Crippen molar-refractivity contribution >= 4 is 16.7 Å². The Morgan fingerprint density at radius 2 is 1.63 bits per heavy atom. The van der Waals surface area contributed by atoms with Gasteiger partial charge in [0, 0.05) is 18.3 Å². The van der Waals surface area contributed by atoms with Gasteiger partial charge in [0.25, 0.3) is 6.26 Å². The van der Waals surface area contributed by atoms with Crippen LogP contribution in [0.25, 0.3) is 38.9 Å². The molecule has 0 amide bonds. The topological polar surface area (TPSA) is 37.9 Å². The molecule has 0 bridgehead atoms. The zero-order valence-corrected chi connectivity index (χ0v) is 21.7. The van der Waals surface area contributed by atoms with Gasteiger partial charge in [-0.05, 0) is 68.8 Å². The Balaban J connectivity index is 0.00000144. The third kappa shape index (κ3) is 4.77. The summed E-state index contributed by atoms with van der Waals surface area (Å²) in [7, 11) is 0. The van der Waals surface area contributed by atoms with Gasteiger partial charge in [-0.2, -0.15) is 0 Å². The summed E-state index contributed by atoms with van der Waals surface area (Å²) in [5, 5.41) is 11.6. The molecule has 38 heavy (non-hydrogen) atoms. The highest BCUT2D eigenvalue weighted by Crippen LogP contribution is 2.48. The number of aromatic nitrogens is 1. The van der Waals surface area contributed by atoms with Crippen molar-refractivity contribution < 1.29 is 4.74 Å². The van der Waals surface area contributed by atoms with Crippen molar-refractivity contribution in [3.63, 3.8) is 0 Å². The molecular formula is C35H30N2O. The molecule has 1 atom stereocenters. The predicted molar refractivity (Wildman–Crippen MR) is 158 cm³/mol. The van der Waals surface area contributed by atoms with Crippen molar-refractivity contribution in [1.29, 1.82) is 5.26 Å². The maximum Gasteiger partial charge on any atom is 0.293 e. The summed E-state index contributed by atoms with van der Waals surface area (Å²) in [5.41, 5.74) is 7.87. The van der Waals surface area contributed by atoms with Gasteiger partial charge < -0.3 is 4.74 Å². The number of hydrogen-bond acceptors (Lipinski definition) is 2. The lowest BCUT2D eigenvalue weighted by Gasteiger charge is -2.13. The van der Waals surface area contributed by atoms with E-state index in [1.54, 1.807) is 16.9 Å². The number of benzene rings is 3. The number of nitriles is 1. The van der Waals surface area contributed by atoms with Gasteiger partial charge in [-0.3, -0.25) is 4.57 Å². The highest BCUT2D eigenvalue weighted by molar-refractivity contribution is 6.16. The standard InChI is InChI=1S/C33H24N2O.C2H6/c34-23-36-32(35-21-5-6-22-35)16-4-1-9-24-10-7-11-25(18-17-24)26-19-20-31-28-13-3-2-12-27(28)30-15-8-14-29(26)33(30)31;1-2/h1-8,10-22,25H,9H2;1-2H3/b4-1-,32-16-;. The third-order valence-corrected chi connectivity index (χ3v) is 6.82. The lowest BCUT2D eigenvalue weighted by atomic mass is 9.90. The molecular weight excluding hydrogens is 464 g/mol. The summed E-state index contributed by atoms with van der Waals surface area (Å²) in [6, 6.07) is 23.7. The van der Waals surface area contributed by atoms with E-state index in [0.717, 1.165) is 6.42 Å². The van der Waals surface area contributed by atoms with Crippen molar-refractivity contribution in [3.05, 3.63) is 139 Å². The Bertz CT molecular complexity index is 1610. The van der Waals surface area contributed by atoms with Crippen LogP contribution < -0.4 is 0 Å². The number of fused-ring (bicyclic) bond motifs is 3. The Morgan fingerprint density at radius 3 is 2.39 bits per heavy atom. The maximum atomic E-state index is 8.92. The Labute approximate surface area is 224 Å². The van der Waals surface area contributed by atoms with E-state index in [4.69, 9.17) is 10.00 Å². The zero-order valence-electron chi connectivity index (χ0n) is 21.7. The summed E-state index contributed by atoms with van der Waals surface area (Å²) in [4.78, 5) is 0. The minimum Gasteiger partial charge on any atom is -0.369 e. The molecule has 3 nitrogen and oxygen atoms in total. The van der Waals surface area contributed by atoms with E-state index >= 15 is 0 Å². The fourth-order valence-electron chi connectivity index (χ4n) is 5.17. The first-order valence-corrected chi connectivity index (χ1v) is 13.1. The molecule has 0 aliphatic heterocycles. The molecule has 0 saturated heterocycles. The molecule has 0 N–H and O–H groups in total. The van der Waals surface area contributed by atoms with Crippen LogP contribution in [0.1, 0.15) is 31.7 Å². The molecule has 186 valence electrons. The Kier molecular flexibility index (Phi) is 7.52. The van der Waals surface area contributed by atoms with Gasteiger partial charge in [0.1, 0.15) is 0 Å². The van der Waals surface area contributed by atoms with E-state index < -0.39 is 0 Å². The van der Waals surface area contributed by atoms with E-state index in [0.29, 0.717) is 5.88 Å². The first-order valence-electron chi connectivity index (χ1n) is 13.1. The molecule has 2 aliphatic rings. The quantitative estimate of drug-likeness (QED) is 0.134. The molecule has 2 aliphatic carbocycles. The minimum absolute atomic E-state index is 0.208. The van der Waals surface area contributed by atoms with Crippen LogP contribution in [0.2, 0.25) is 0 Å². The average Bonchev–Trinajstić information content (AvgIpc) is 3.55. The lowest BCUT2D eigenvalue weighted by molar-refractivity contribution is 0.430. The zero-order chi connectivity index (χ0) is 26.3. The molecule has 1 unspecified atom stereocenters. The van der Waals surface area contributed by atoms with Crippen molar-refractivity contribution in [1.82, 2.24) is 4.57 Å². The number of nitrogens with zero attached hydrogens (tertiary/aromatic N) is 2. The van der Waals surface area contributed by atoms with E-state index in [-0.39, 0.29) is 5.92 Å². The molecule has 3 aromatic carbocycles. The average molecular weight is 495 g/mol. The minimum atomic E-state index is 0.208. The predicted octanol–water partition coefficient (Wildman–Crippen LogP) is 9.39. The van der Waals surface area contributed by atoms with Crippen LogP contribution >= 0.6 is 0 Å². The summed E-state index contributed by atoms with van der Waals surface area (Å²) in [5.74, 6) is 0.679.